The lowest BCUT2D eigenvalue weighted by Crippen LogP contribution is -2.13. The zero-order valence-corrected chi connectivity index (χ0v) is 15.6. The van der Waals surface area contributed by atoms with E-state index in [-0.39, 0.29) is 11.5 Å². The first kappa shape index (κ1) is 16.8. The lowest BCUT2D eigenvalue weighted by Gasteiger charge is -2.05. The average Bonchev–Trinajstić information content (AvgIpc) is 3.14. The summed E-state index contributed by atoms with van der Waals surface area (Å²) in [6.45, 7) is 1.79. The molecule has 0 spiro atoms. The van der Waals surface area contributed by atoms with Crippen LogP contribution in [0.15, 0.2) is 40.3 Å². The van der Waals surface area contributed by atoms with Crippen molar-refractivity contribution < 1.29 is 14.7 Å². The van der Waals surface area contributed by atoms with Crippen LogP contribution in [0.5, 0.6) is 0 Å². The summed E-state index contributed by atoms with van der Waals surface area (Å²) in [6.07, 6.45) is 1.61. The number of carboxylic acid groups (broad SMARTS) is 1. The Morgan fingerprint density at radius 1 is 1.25 bits per heavy atom. The molecule has 0 atom stereocenters. The monoisotopic (exact) mass is 422 g/mol. The van der Waals surface area contributed by atoms with E-state index in [9.17, 15) is 14.7 Å². The minimum Gasteiger partial charge on any atom is -0.478 e. The molecule has 0 saturated carbocycles. The van der Waals surface area contributed by atoms with Crippen LogP contribution >= 0.6 is 38.8 Å². The second-order valence-electron chi connectivity index (χ2n) is 4.96. The first-order valence-electron chi connectivity index (χ1n) is 6.80. The van der Waals surface area contributed by atoms with Gasteiger partial charge in [-0.25, -0.2) is 9.17 Å². The Morgan fingerprint density at radius 2 is 1.96 bits per heavy atom. The van der Waals surface area contributed by atoms with Gasteiger partial charge in [-0.1, -0.05) is 28.1 Å². The van der Waals surface area contributed by atoms with E-state index in [0.29, 0.717) is 15.4 Å². The normalized spacial score (nSPS) is 10.6. The van der Waals surface area contributed by atoms with Crippen LogP contribution in [0.3, 0.4) is 0 Å². The number of halogens is 1. The van der Waals surface area contributed by atoms with Crippen molar-refractivity contribution >= 4 is 55.7 Å². The van der Waals surface area contributed by atoms with Crippen molar-refractivity contribution in [3.05, 3.63) is 56.3 Å². The molecule has 8 heteroatoms. The number of aromatic carboxylic acids is 1. The molecule has 0 aliphatic carbocycles. The van der Waals surface area contributed by atoms with Crippen molar-refractivity contribution in [2.24, 2.45) is 0 Å². The van der Waals surface area contributed by atoms with Gasteiger partial charge < -0.3 is 10.4 Å². The van der Waals surface area contributed by atoms with Crippen LogP contribution in [0.25, 0.3) is 11.1 Å². The molecule has 0 aliphatic rings. The van der Waals surface area contributed by atoms with Crippen molar-refractivity contribution in [2.75, 3.05) is 5.32 Å². The number of aryl methyl sites for hydroxylation is 1. The maximum absolute atomic E-state index is 12.3. The van der Waals surface area contributed by atoms with E-state index in [1.807, 2.05) is 24.3 Å². The number of carbonyl (C=O) groups is 2. The number of hydrogen-bond acceptors (Lipinski definition) is 5. The molecular formula is C16H11BrN2O3S2. The fraction of sp³-hybridized carbons (Fsp3) is 0.0625. The van der Waals surface area contributed by atoms with E-state index in [0.717, 1.165) is 27.1 Å². The number of amides is 1. The number of nitrogens with one attached hydrogen (secondary N) is 1. The van der Waals surface area contributed by atoms with Gasteiger partial charge in [0.15, 0.2) is 0 Å². The smallest absolute Gasteiger partial charge is 0.339 e. The Labute approximate surface area is 154 Å². The number of rotatable bonds is 4. The van der Waals surface area contributed by atoms with Gasteiger partial charge >= 0.3 is 5.97 Å². The zero-order valence-electron chi connectivity index (χ0n) is 12.4. The van der Waals surface area contributed by atoms with Gasteiger partial charge in [0.05, 0.1) is 0 Å². The maximum Gasteiger partial charge on any atom is 0.339 e. The second kappa shape index (κ2) is 6.84. The summed E-state index contributed by atoms with van der Waals surface area (Å²) in [5.74, 6) is -1.42. The third kappa shape index (κ3) is 3.26. The Kier molecular flexibility index (Phi) is 4.79. The fourth-order valence-electron chi connectivity index (χ4n) is 2.17. The van der Waals surface area contributed by atoms with Crippen molar-refractivity contribution in [3.8, 4) is 11.1 Å². The molecule has 1 aromatic carbocycles. The van der Waals surface area contributed by atoms with Crippen molar-refractivity contribution in [3.63, 3.8) is 0 Å². The van der Waals surface area contributed by atoms with Crippen LogP contribution in [-0.4, -0.2) is 21.4 Å². The fourth-order valence-corrected chi connectivity index (χ4v) is 4.04. The molecule has 1 amide bonds. The topological polar surface area (TPSA) is 79.3 Å². The van der Waals surface area contributed by atoms with Gasteiger partial charge in [-0.15, -0.1) is 11.3 Å². The first-order chi connectivity index (χ1) is 11.5. The minimum absolute atomic E-state index is 0.0952. The van der Waals surface area contributed by atoms with Gasteiger partial charge in [-0.3, -0.25) is 4.79 Å². The van der Waals surface area contributed by atoms with E-state index in [4.69, 9.17) is 0 Å². The van der Waals surface area contributed by atoms with Crippen LogP contribution in [0.2, 0.25) is 0 Å². The van der Waals surface area contributed by atoms with Crippen LogP contribution < -0.4 is 5.32 Å². The third-order valence-electron chi connectivity index (χ3n) is 3.34. The van der Waals surface area contributed by atoms with Gasteiger partial charge in [0.25, 0.3) is 5.91 Å². The Hall–Kier alpha value is -2.03. The number of carboxylic acids is 1. The van der Waals surface area contributed by atoms with Gasteiger partial charge in [-0.2, -0.15) is 0 Å². The van der Waals surface area contributed by atoms with Crippen LogP contribution in [0, 0.1) is 6.92 Å². The molecule has 2 heterocycles. The third-order valence-corrected chi connectivity index (χ3v) is 5.67. The molecule has 0 bridgehead atoms. The quantitative estimate of drug-likeness (QED) is 0.626. The molecule has 122 valence electrons. The number of anilines is 1. The largest absolute Gasteiger partial charge is 0.478 e. The number of aromatic nitrogens is 1. The number of carbonyl (C=O) groups excluding carboxylic acids is 1. The number of benzene rings is 1. The molecule has 2 N–H and O–H groups in total. The molecule has 0 aliphatic heterocycles. The molecular weight excluding hydrogens is 412 g/mol. The van der Waals surface area contributed by atoms with Gasteiger partial charge in [-0.05, 0) is 41.7 Å². The van der Waals surface area contributed by atoms with Gasteiger partial charge in [0.1, 0.15) is 15.4 Å². The summed E-state index contributed by atoms with van der Waals surface area (Å²) in [5.41, 5.74) is 2.22. The number of hydrogen-bond donors (Lipinski definition) is 2. The highest BCUT2D eigenvalue weighted by Gasteiger charge is 2.22. The van der Waals surface area contributed by atoms with Crippen LogP contribution in [0.4, 0.5) is 5.00 Å². The molecule has 0 radical (unpaired) electrons. The summed E-state index contributed by atoms with van der Waals surface area (Å²) in [7, 11) is 0. The molecule has 3 rings (SSSR count). The second-order valence-corrected chi connectivity index (χ2v) is 7.55. The average molecular weight is 423 g/mol. The minimum atomic E-state index is -1.08. The highest BCUT2D eigenvalue weighted by Crippen LogP contribution is 2.36. The lowest BCUT2D eigenvalue weighted by atomic mass is 10.0. The molecule has 0 unspecified atom stereocenters. The van der Waals surface area contributed by atoms with Crippen molar-refractivity contribution in [2.45, 2.75) is 6.92 Å². The standard InChI is InChI=1S/C16H11BrN2O3S2/c1-8-6-18-24-13(8)14(20)19-15-12(16(21)22)11(7-23-15)9-2-4-10(17)5-3-9/h2-7H,1H3,(H,19,20)(H,21,22). The van der Waals surface area contributed by atoms with Crippen LogP contribution in [-0.2, 0) is 0 Å². The predicted molar refractivity (Wildman–Crippen MR) is 99.2 cm³/mol. The van der Waals surface area contributed by atoms with Gasteiger partial charge in [0.2, 0.25) is 0 Å². The summed E-state index contributed by atoms with van der Waals surface area (Å²) in [6, 6.07) is 7.35. The summed E-state index contributed by atoms with van der Waals surface area (Å²) >= 11 is 5.64. The molecule has 3 aromatic rings. The molecule has 2 aromatic heterocycles. The van der Waals surface area contributed by atoms with Crippen molar-refractivity contribution in [1.29, 1.82) is 0 Å². The molecule has 0 fully saturated rings. The molecule has 5 nitrogen and oxygen atoms in total. The summed E-state index contributed by atoms with van der Waals surface area (Å²) < 4.78 is 4.88. The molecule has 24 heavy (non-hydrogen) atoms. The highest BCUT2D eigenvalue weighted by molar-refractivity contribution is 9.10. The van der Waals surface area contributed by atoms with E-state index >= 15 is 0 Å². The van der Waals surface area contributed by atoms with E-state index in [1.54, 1.807) is 18.5 Å². The Bertz CT molecular complexity index is 916. The van der Waals surface area contributed by atoms with Gasteiger partial charge in [0, 0.05) is 21.6 Å². The Morgan fingerprint density at radius 3 is 2.54 bits per heavy atom. The van der Waals surface area contributed by atoms with E-state index in [2.05, 4.69) is 25.6 Å². The lowest BCUT2D eigenvalue weighted by molar-refractivity contribution is 0.0699. The summed E-state index contributed by atoms with van der Waals surface area (Å²) in [4.78, 5) is 24.5. The summed E-state index contributed by atoms with van der Waals surface area (Å²) in [5, 5.41) is 14.3. The van der Waals surface area contributed by atoms with E-state index in [1.165, 1.54) is 11.3 Å². The predicted octanol–water partition coefficient (Wildman–Crippen LogP) is 4.89. The molecule has 0 saturated heterocycles. The Balaban J connectivity index is 1.98. The first-order valence-corrected chi connectivity index (χ1v) is 9.25. The van der Waals surface area contributed by atoms with E-state index < -0.39 is 5.97 Å². The SMILES string of the molecule is Cc1cnsc1C(=O)Nc1scc(-c2ccc(Br)cc2)c1C(=O)O. The highest BCUT2D eigenvalue weighted by atomic mass is 79.9. The zero-order chi connectivity index (χ0) is 17.3. The number of nitrogens with zero attached hydrogens (tertiary/aromatic N) is 1. The number of thiophene rings is 1. The van der Waals surface area contributed by atoms with Crippen molar-refractivity contribution in [1.82, 2.24) is 4.37 Å². The van der Waals surface area contributed by atoms with Crippen LogP contribution in [0.1, 0.15) is 25.6 Å². The maximum atomic E-state index is 12.3.